The Hall–Kier alpha value is 1.03. The third-order valence-corrected chi connectivity index (χ3v) is 4.19. The van der Waals surface area contributed by atoms with E-state index in [4.69, 9.17) is 9.47 Å². The number of rotatable bonds is 12. The molecule has 138 valence electrons. The van der Waals surface area contributed by atoms with E-state index < -0.39 is 0 Å². The summed E-state index contributed by atoms with van der Waals surface area (Å²) in [5.41, 5.74) is -0.338. The van der Waals surface area contributed by atoms with Gasteiger partial charge in [0.05, 0.1) is 25.4 Å². The summed E-state index contributed by atoms with van der Waals surface area (Å²) in [5.74, 6) is 0.292. The summed E-state index contributed by atoms with van der Waals surface area (Å²) in [6.45, 7) is 18.9. The van der Waals surface area contributed by atoms with Gasteiger partial charge in [-0.3, -0.25) is 4.79 Å². The fourth-order valence-electron chi connectivity index (χ4n) is 2.94. The maximum Gasteiger partial charge on any atom is 1.00 e. The van der Waals surface area contributed by atoms with E-state index in [1.54, 1.807) is 7.11 Å². The monoisotopic (exact) mass is 367 g/mol. The average Bonchev–Trinajstić information content (AvgIpc) is 2.44. The molecule has 0 rings (SSSR count). The number of hydrogen-bond acceptors (Lipinski definition) is 3. The zero-order chi connectivity index (χ0) is 18.1. The van der Waals surface area contributed by atoms with Crippen LogP contribution in [0.25, 0.3) is 0 Å². The predicted octanol–water partition coefficient (Wildman–Crippen LogP) is 0.947. The van der Waals surface area contributed by atoms with Gasteiger partial charge in [-0.05, 0) is 27.2 Å². The maximum atomic E-state index is 12.8. The Labute approximate surface area is 192 Å². The second kappa shape index (κ2) is 13.2. The fraction of sp³-hybridized carbons (Fsp3) is 0.895. The number of carbonyl (C=O) groups is 1. The molecular formula is C19H38KNO3. The SMILES string of the molecule is [CH2-]CCC(CC)C(=O)N(CC)C(C)(C)COCC(C)(C)COC.[K+]. The van der Waals surface area contributed by atoms with Crippen molar-refractivity contribution in [3.05, 3.63) is 6.92 Å². The molecule has 0 spiro atoms. The van der Waals surface area contributed by atoms with Crippen molar-refractivity contribution in [2.75, 3.05) is 33.5 Å². The summed E-state index contributed by atoms with van der Waals surface area (Å²) in [7, 11) is 1.71. The molecule has 0 aliphatic rings. The van der Waals surface area contributed by atoms with Gasteiger partial charge in [-0.25, -0.2) is 0 Å². The molecule has 1 amide bonds. The molecule has 1 unspecified atom stereocenters. The van der Waals surface area contributed by atoms with Crippen LogP contribution in [0.4, 0.5) is 0 Å². The van der Waals surface area contributed by atoms with Crippen LogP contribution < -0.4 is 51.4 Å². The van der Waals surface area contributed by atoms with Gasteiger partial charge in [0.15, 0.2) is 0 Å². The average molecular weight is 368 g/mol. The Morgan fingerprint density at radius 1 is 1.12 bits per heavy atom. The Kier molecular flexibility index (Phi) is 15.0. The van der Waals surface area contributed by atoms with E-state index >= 15 is 0 Å². The largest absolute Gasteiger partial charge is 1.00 e. The van der Waals surface area contributed by atoms with E-state index in [1.165, 1.54) is 0 Å². The standard InChI is InChI=1S/C19H38NO3.K/c1-9-12-16(10-2)17(21)20(11-3)19(6,7)15-23-14-18(4,5)13-22-8;/h16H,1,9-15H2,2-8H3;/q-1;+1. The molecule has 0 fully saturated rings. The predicted molar refractivity (Wildman–Crippen MR) is 96.3 cm³/mol. The molecule has 0 bridgehead atoms. The number of ether oxygens (including phenoxy) is 2. The van der Waals surface area contributed by atoms with Gasteiger partial charge in [0.2, 0.25) is 5.91 Å². The molecule has 0 heterocycles. The number of hydrogen-bond donors (Lipinski definition) is 0. The van der Waals surface area contributed by atoms with Crippen LogP contribution in [0.3, 0.4) is 0 Å². The summed E-state index contributed by atoms with van der Waals surface area (Å²) in [4.78, 5) is 14.8. The Morgan fingerprint density at radius 2 is 1.71 bits per heavy atom. The molecule has 0 N–H and O–H groups in total. The summed E-state index contributed by atoms with van der Waals surface area (Å²) in [6.07, 6.45) is 2.51. The Bertz CT molecular complexity index is 346. The van der Waals surface area contributed by atoms with Crippen LogP contribution in [0.5, 0.6) is 0 Å². The zero-order valence-corrected chi connectivity index (χ0v) is 20.5. The maximum absolute atomic E-state index is 12.8. The van der Waals surface area contributed by atoms with Gasteiger partial charge in [-0.15, -0.1) is 0 Å². The molecule has 0 saturated carbocycles. The smallest absolute Gasteiger partial charge is 0.384 e. The fourth-order valence-corrected chi connectivity index (χ4v) is 2.94. The Morgan fingerprint density at radius 3 is 2.12 bits per heavy atom. The zero-order valence-electron chi connectivity index (χ0n) is 17.4. The first-order valence-corrected chi connectivity index (χ1v) is 8.82. The van der Waals surface area contributed by atoms with Gasteiger partial charge in [-0.2, -0.15) is 6.42 Å². The first kappa shape index (κ1) is 27.2. The summed E-state index contributed by atoms with van der Waals surface area (Å²) < 4.78 is 11.2. The van der Waals surface area contributed by atoms with E-state index in [2.05, 4.69) is 41.5 Å². The van der Waals surface area contributed by atoms with E-state index in [0.29, 0.717) is 26.4 Å². The van der Waals surface area contributed by atoms with Crippen molar-refractivity contribution in [2.24, 2.45) is 11.3 Å². The van der Waals surface area contributed by atoms with Crippen molar-refractivity contribution in [1.29, 1.82) is 0 Å². The molecule has 5 heteroatoms. The Balaban J connectivity index is 0. The second-order valence-electron chi connectivity index (χ2n) is 7.73. The summed E-state index contributed by atoms with van der Waals surface area (Å²) in [6, 6.07) is 0. The molecule has 0 aliphatic heterocycles. The molecule has 0 aromatic heterocycles. The van der Waals surface area contributed by atoms with E-state index in [0.717, 1.165) is 19.3 Å². The normalized spacial score (nSPS) is 13.3. The van der Waals surface area contributed by atoms with Gasteiger partial charge in [0.1, 0.15) is 0 Å². The van der Waals surface area contributed by atoms with Crippen molar-refractivity contribution in [2.45, 2.75) is 66.3 Å². The van der Waals surface area contributed by atoms with E-state index in [1.807, 2.05) is 11.8 Å². The van der Waals surface area contributed by atoms with Gasteiger partial charge >= 0.3 is 51.4 Å². The number of carbonyl (C=O) groups excluding carboxylic acids is 1. The van der Waals surface area contributed by atoms with Crippen LogP contribution in [0.15, 0.2) is 0 Å². The molecule has 0 radical (unpaired) electrons. The first-order chi connectivity index (χ1) is 10.6. The molecule has 24 heavy (non-hydrogen) atoms. The number of likely N-dealkylation sites (N-methyl/N-ethyl adjacent to an activating group) is 1. The second-order valence-corrected chi connectivity index (χ2v) is 7.73. The van der Waals surface area contributed by atoms with Crippen molar-refractivity contribution >= 4 is 5.91 Å². The number of methoxy groups -OCH3 is 1. The van der Waals surface area contributed by atoms with Gasteiger partial charge in [0, 0.05) is 25.0 Å². The van der Waals surface area contributed by atoms with Crippen molar-refractivity contribution in [1.82, 2.24) is 4.90 Å². The summed E-state index contributed by atoms with van der Waals surface area (Å²) >= 11 is 0. The molecule has 0 aromatic carbocycles. The molecule has 0 aromatic rings. The van der Waals surface area contributed by atoms with Crippen molar-refractivity contribution < 1.29 is 65.7 Å². The van der Waals surface area contributed by atoms with Crippen LogP contribution in [0.1, 0.15) is 60.8 Å². The van der Waals surface area contributed by atoms with Crippen LogP contribution in [-0.2, 0) is 14.3 Å². The molecule has 0 aliphatic carbocycles. The third-order valence-electron chi connectivity index (χ3n) is 4.19. The number of amides is 1. The summed E-state index contributed by atoms with van der Waals surface area (Å²) in [5, 5.41) is 0. The first-order valence-electron chi connectivity index (χ1n) is 8.82. The van der Waals surface area contributed by atoms with E-state index in [-0.39, 0.29) is 74.2 Å². The topological polar surface area (TPSA) is 38.8 Å². The van der Waals surface area contributed by atoms with Gasteiger partial charge < -0.3 is 21.3 Å². The van der Waals surface area contributed by atoms with Crippen molar-refractivity contribution in [3.63, 3.8) is 0 Å². The molecular weight excluding hydrogens is 329 g/mol. The van der Waals surface area contributed by atoms with Crippen LogP contribution in [0.2, 0.25) is 0 Å². The number of nitrogens with zero attached hydrogens (tertiary/aromatic N) is 1. The van der Waals surface area contributed by atoms with Gasteiger partial charge in [0.25, 0.3) is 0 Å². The van der Waals surface area contributed by atoms with E-state index in [9.17, 15) is 4.79 Å². The third kappa shape index (κ3) is 9.65. The molecule has 4 nitrogen and oxygen atoms in total. The minimum absolute atomic E-state index is 0. The van der Waals surface area contributed by atoms with Crippen LogP contribution in [-0.4, -0.2) is 49.8 Å². The minimum atomic E-state index is -0.316. The van der Waals surface area contributed by atoms with Crippen molar-refractivity contribution in [3.8, 4) is 0 Å². The van der Waals surface area contributed by atoms with Crippen LogP contribution in [0, 0.1) is 18.3 Å². The quantitative estimate of drug-likeness (QED) is 0.381. The molecule has 0 saturated heterocycles. The van der Waals surface area contributed by atoms with Gasteiger partial charge in [-0.1, -0.05) is 27.2 Å². The van der Waals surface area contributed by atoms with Crippen LogP contribution >= 0.6 is 0 Å². The minimum Gasteiger partial charge on any atom is -0.384 e. The molecule has 1 atom stereocenters.